The Morgan fingerprint density at radius 1 is 1.38 bits per heavy atom. The van der Waals surface area contributed by atoms with Gasteiger partial charge in [-0.2, -0.15) is 4.98 Å². The highest BCUT2D eigenvalue weighted by Crippen LogP contribution is 2.27. The Balaban J connectivity index is 1.67. The Kier molecular flexibility index (Phi) is 5.52. The van der Waals surface area contributed by atoms with Gasteiger partial charge < -0.3 is 18.9 Å². The fourth-order valence-electron chi connectivity index (χ4n) is 3.23. The smallest absolute Gasteiger partial charge is 0.265 e. The minimum absolute atomic E-state index is 0.280. The Bertz CT molecular complexity index is 611. The van der Waals surface area contributed by atoms with Crippen molar-refractivity contribution in [1.29, 1.82) is 0 Å². The second-order valence-electron chi connectivity index (χ2n) is 6.62. The highest BCUT2D eigenvalue weighted by atomic mass is 16.5. The molecular weight excluding hydrogens is 308 g/mol. The molecule has 1 aliphatic heterocycles. The van der Waals surface area contributed by atoms with Crippen molar-refractivity contribution in [1.82, 2.24) is 15.0 Å². The number of hydrogen-bond donors (Lipinski definition) is 1. The molecule has 7 heteroatoms. The van der Waals surface area contributed by atoms with E-state index in [1.165, 1.54) is 12.8 Å². The fourth-order valence-corrected chi connectivity index (χ4v) is 3.23. The zero-order chi connectivity index (χ0) is 16.9. The SMILES string of the molecule is CN(C)c1noc(CN2CCCCC[C@H]2C[C@H](O)c2ccco2)n1. The van der Waals surface area contributed by atoms with Crippen LogP contribution >= 0.6 is 0 Å². The Morgan fingerprint density at radius 3 is 2.96 bits per heavy atom. The highest BCUT2D eigenvalue weighted by molar-refractivity contribution is 5.23. The third-order valence-corrected chi connectivity index (χ3v) is 4.56. The summed E-state index contributed by atoms with van der Waals surface area (Å²) in [5.41, 5.74) is 0. The summed E-state index contributed by atoms with van der Waals surface area (Å²) in [4.78, 5) is 8.60. The van der Waals surface area contributed by atoms with E-state index in [0.29, 0.717) is 30.6 Å². The predicted octanol–water partition coefficient (Wildman–Crippen LogP) is 2.60. The maximum atomic E-state index is 10.4. The molecule has 0 radical (unpaired) electrons. The van der Waals surface area contributed by atoms with Gasteiger partial charge in [0.15, 0.2) is 0 Å². The van der Waals surface area contributed by atoms with Crippen LogP contribution in [0.1, 0.15) is 49.9 Å². The van der Waals surface area contributed by atoms with Gasteiger partial charge in [-0.3, -0.25) is 4.90 Å². The van der Waals surface area contributed by atoms with E-state index in [-0.39, 0.29) is 6.04 Å². The number of anilines is 1. The molecule has 0 aromatic carbocycles. The standard InChI is InChI=1S/C17H26N4O3/c1-20(2)17-18-16(24-19-17)12-21-9-5-3-4-7-13(21)11-14(22)15-8-6-10-23-15/h6,8,10,13-14,22H,3-5,7,9,11-12H2,1-2H3/t13-,14-/m0/s1. The number of nitrogens with zero attached hydrogens (tertiary/aromatic N) is 4. The van der Waals surface area contributed by atoms with Crippen molar-refractivity contribution < 1.29 is 14.0 Å². The molecule has 7 nitrogen and oxygen atoms in total. The molecule has 0 spiro atoms. The van der Waals surface area contributed by atoms with Crippen LogP contribution in [0, 0.1) is 0 Å². The third-order valence-electron chi connectivity index (χ3n) is 4.56. The minimum Gasteiger partial charge on any atom is -0.467 e. The van der Waals surface area contributed by atoms with Gasteiger partial charge in [0, 0.05) is 20.1 Å². The van der Waals surface area contributed by atoms with E-state index in [9.17, 15) is 5.11 Å². The van der Waals surface area contributed by atoms with Gasteiger partial charge in [-0.05, 0) is 43.1 Å². The van der Waals surface area contributed by atoms with E-state index < -0.39 is 6.10 Å². The van der Waals surface area contributed by atoms with Crippen LogP contribution < -0.4 is 4.90 Å². The maximum absolute atomic E-state index is 10.4. The van der Waals surface area contributed by atoms with Crippen molar-refractivity contribution in [3.05, 3.63) is 30.0 Å². The van der Waals surface area contributed by atoms with Gasteiger partial charge in [0.2, 0.25) is 5.89 Å². The maximum Gasteiger partial charge on any atom is 0.265 e. The average Bonchev–Trinajstić information content (AvgIpc) is 3.20. The van der Waals surface area contributed by atoms with Crippen molar-refractivity contribution in [2.24, 2.45) is 0 Å². The van der Waals surface area contributed by atoms with Crippen LogP contribution in [-0.2, 0) is 6.54 Å². The largest absolute Gasteiger partial charge is 0.467 e. The van der Waals surface area contributed by atoms with Crippen LogP contribution in [0.4, 0.5) is 5.95 Å². The first kappa shape index (κ1) is 17.0. The second-order valence-corrected chi connectivity index (χ2v) is 6.62. The summed E-state index contributed by atoms with van der Waals surface area (Å²) in [6, 6.07) is 3.92. The van der Waals surface area contributed by atoms with Crippen molar-refractivity contribution in [2.45, 2.75) is 50.8 Å². The van der Waals surface area contributed by atoms with Gasteiger partial charge in [-0.15, -0.1) is 0 Å². The molecule has 1 aliphatic rings. The number of furan rings is 1. The first-order chi connectivity index (χ1) is 11.6. The quantitative estimate of drug-likeness (QED) is 0.870. The van der Waals surface area contributed by atoms with Gasteiger partial charge in [0.25, 0.3) is 5.95 Å². The molecule has 1 N–H and O–H groups in total. The number of aliphatic hydroxyl groups excluding tert-OH is 1. The molecular formula is C17H26N4O3. The molecule has 0 saturated carbocycles. The van der Waals surface area contributed by atoms with Gasteiger partial charge in [0.05, 0.1) is 12.8 Å². The lowest BCUT2D eigenvalue weighted by Crippen LogP contribution is -2.35. The average molecular weight is 334 g/mol. The Labute approximate surface area is 142 Å². The predicted molar refractivity (Wildman–Crippen MR) is 89.6 cm³/mol. The van der Waals surface area contributed by atoms with Crippen molar-refractivity contribution in [2.75, 3.05) is 25.5 Å². The first-order valence-corrected chi connectivity index (χ1v) is 8.59. The lowest BCUT2D eigenvalue weighted by atomic mass is 10.0. The van der Waals surface area contributed by atoms with E-state index in [4.69, 9.17) is 8.94 Å². The van der Waals surface area contributed by atoms with Crippen LogP contribution in [-0.4, -0.2) is 46.8 Å². The number of likely N-dealkylation sites (tertiary alicyclic amines) is 1. The lowest BCUT2D eigenvalue weighted by molar-refractivity contribution is 0.0779. The molecule has 24 heavy (non-hydrogen) atoms. The zero-order valence-electron chi connectivity index (χ0n) is 14.4. The molecule has 0 bridgehead atoms. The minimum atomic E-state index is -0.578. The van der Waals surface area contributed by atoms with E-state index in [2.05, 4.69) is 15.0 Å². The molecule has 2 aromatic heterocycles. The van der Waals surface area contributed by atoms with Crippen molar-refractivity contribution in [3.63, 3.8) is 0 Å². The van der Waals surface area contributed by atoms with E-state index in [1.54, 1.807) is 6.26 Å². The summed E-state index contributed by atoms with van der Waals surface area (Å²) in [5, 5.41) is 14.4. The van der Waals surface area contributed by atoms with Gasteiger partial charge in [-0.25, -0.2) is 0 Å². The molecule has 1 saturated heterocycles. The molecule has 0 amide bonds. The molecule has 1 fully saturated rings. The van der Waals surface area contributed by atoms with Gasteiger partial charge in [-0.1, -0.05) is 12.8 Å². The Hall–Kier alpha value is -1.86. The summed E-state index contributed by atoms with van der Waals surface area (Å²) in [6.45, 7) is 1.60. The van der Waals surface area contributed by atoms with E-state index in [0.717, 1.165) is 19.4 Å². The molecule has 2 atom stereocenters. The summed E-state index contributed by atoms with van der Waals surface area (Å²) in [6.07, 6.45) is 6.29. The number of aromatic nitrogens is 2. The van der Waals surface area contributed by atoms with Crippen LogP contribution in [0.15, 0.2) is 27.3 Å². The van der Waals surface area contributed by atoms with Crippen LogP contribution in [0.3, 0.4) is 0 Å². The molecule has 2 aromatic rings. The molecule has 0 unspecified atom stereocenters. The fraction of sp³-hybridized carbons (Fsp3) is 0.647. The summed E-state index contributed by atoms with van der Waals surface area (Å²) >= 11 is 0. The molecule has 3 rings (SSSR count). The van der Waals surface area contributed by atoms with Crippen LogP contribution in [0.2, 0.25) is 0 Å². The molecule has 3 heterocycles. The Morgan fingerprint density at radius 2 is 2.25 bits per heavy atom. The zero-order valence-corrected chi connectivity index (χ0v) is 14.4. The van der Waals surface area contributed by atoms with Crippen LogP contribution in [0.5, 0.6) is 0 Å². The van der Waals surface area contributed by atoms with Crippen LogP contribution in [0.25, 0.3) is 0 Å². The van der Waals surface area contributed by atoms with E-state index in [1.807, 2.05) is 31.1 Å². The summed E-state index contributed by atoms with van der Waals surface area (Å²) < 4.78 is 10.7. The number of aliphatic hydroxyl groups is 1. The van der Waals surface area contributed by atoms with Gasteiger partial charge in [0.1, 0.15) is 11.9 Å². The lowest BCUT2D eigenvalue weighted by Gasteiger charge is -2.29. The van der Waals surface area contributed by atoms with E-state index >= 15 is 0 Å². The monoisotopic (exact) mass is 334 g/mol. The molecule has 132 valence electrons. The summed E-state index contributed by atoms with van der Waals surface area (Å²) in [7, 11) is 3.78. The number of hydrogen-bond acceptors (Lipinski definition) is 7. The topological polar surface area (TPSA) is 78.8 Å². The first-order valence-electron chi connectivity index (χ1n) is 8.59. The number of rotatable bonds is 6. The summed E-state index contributed by atoms with van der Waals surface area (Å²) in [5.74, 6) is 1.84. The van der Waals surface area contributed by atoms with Crippen molar-refractivity contribution in [3.8, 4) is 0 Å². The van der Waals surface area contributed by atoms with Crippen molar-refractivity contribution >= 4 is 5.95 Å². The highest BCUT2D eigenvalue weighted by Gasteiger charge is 2.26. The third kappa shape index (κ3) is 4.15. The van der Waals surface area contributed by atoms with Gasteiger partial charge >= 0.3 is 0 Å². The second kappa shape index (κ2) is 7.81. The molecule has 0 aliphatic carbocycles. The normalized spacial score (nSPS) is 20.7.